The predicted octanol–water partition coefficient (Wildman–Crippen LogP) is 2.51. The van der Waals surface area contributed by atoms with Crippen molar-refractivity contribution in [2.24, 2.45) is 0 Å². The largest absolute Gasteiger partial charge is 0.335 e. The molecule has 1 aliphatic carbocycles. The van der Waals surface area contributed by atoms with Gasteiger partial charge in [-0.25, -0.2) is 4.79 Å². The number of carbonyl (C=O) groups excluding carboxylic acids is 3. The van der Waals surface area contributed by atoms with Crippen LogP contribution in [0, 0.1) is 0 Å². The zero-order valence-corrected chi connectivity index (χ0v) is 15.7. The lowest BCUT2D eigenvalue weighted by Gasteiger charge is -2.27. The lowest BCUT2D eigenvalue weighted by Crippen LogP contribution is -2.54. The van der Waals surface area contributed by atoms with E-state index in [-0.39, 0.29) is 23.9 Å². The van der Waals surface area contributed by atoms with E-state index in [1.165, 1.54) is 6.42 Å². The molecule has 2 atom stereocenters. The van der Waals surface area contributed by atoms with Gasteiger partial charge < -0.3 is 20.9 Å². The summed E-state index contributed by atoms with van der Waals surface area (Å²) in [6, 6.07) is 3.62. The molecule has 2 aliphatic heterocycles. The molecule has 144 valence electrons. The van der Waals surface area contributed by atoms with Crippen LogP contribution in [0.2, 0.25) is 5.02 Å². The monoisotopic (exact) mass is 390 g/mol. The Morgan fingerprint density at radius 3 is 2.67 bits per heavy atom. The van der Waals surface area contributed by atoms with Crippen LogP contribution in [0.15, 0.2) is 18.2 Å². The van der Waals surface area contributed by atoms with Crippen LogP contribution in [0.4, 0.5) is 10.5 Å². The van der Waals surface area contributed by atoms with Crippen LogP contribution >= 0.6 is 11.6 Å². The highest BCUT2D eigenvalue weighted by molar-refractivity contribution is 6.31. The summed E-state index contributed by atoms with van der Waals surface area (Å²) >= 11 is 5.99. The zero-order chi connectivity index (χ0) is 19.0. The van der Waals surface area contributed by atoms with E-state index in [9.17, 15) is 14.4 Å². The van der Waals surface area contributed by atoms with Gasteiger partial charge in [0.2, 0.25) is 5.91 Å². The molecule has 27 heavy (non-hydrogen) atoms. The Kier molecular flexibility index (Phi) is 4.95. The highest BCUT2D eigenvalue weighted by Crippen LogP contribution is 2.30. The number of nitrogens with zero attached hydrogens (tertiary/aromatic N) is 1. The first-order valence-electron chi connectivity index (χ1n) is 9.51. The van der Waals surface area contributed by atoms with Crippen LogP contribution in [0.1, 0.15) is 48.9 Å². The predicted molar refractivity (Wildman–Crippen MR) is 102 cm³/mol. The molecule has 1 aromatic carbocycles. The van der Waals surface area contributed by atoms with Gasteiger partial charge in [0, 0.05) is 17.6 Å². The van der Waals surface area contributed by atoms with Crippen molar-refractivity contribution in [1.82, 2.24) is 15.5 Å². The molecule has 7 nitrogen and oxygen atoms in total. The first-order valence-corrected chi connectivity index (χ1v) is 9.89. The standard InChI is InChI=1S/C19H23ClN4O3/c20-11-6-7-13-15(10-11)22-17(25)16-14(8-9-24(16)18(13)26)23-19(27)21-12-4-2-1-3-5-12/h6-7,10,12,14,16H,1-5,8-9H2,(H,22,25)(H2,21,23,27)/t14-,16-/m0/s1. The molecule has 3 aliphatic rings. The lowest BCUT2D eigenvalue weighted by atomic mass is 9.96. The minimum absolute atomic E-state index is 0.187. The van der Waals surface area contributed by atoms with Crippen LogP contribution in [0.3, 0.4) is 0 Å². The molecule has 1 saturated heterocycles. The van der Waals surface area contributed by atoms with Gasteiger partial charge in [-0.1, -0.05) is 30.9 Å². The van der Waals surface area contributed by atoms with E-state index >= 15 is 0 Å². The lowest BCUT2D eigenvalue weighted by molar-refractivity contribution is -0.120. The third-order valence-corrected chi connectivity index (χ3v) is 5.89. The number of benzene rings is 1. The molecule has 0 unspecified atom stereocenters. The summed E-state index contributed by atoms with van der Waals surface area (Å²) < 4.78 is 0. The van der Waals surface area contributed by atoms with Gasteiger partial charge in [-0.15, -0.1) is 0 Å². The molecule has 4 amide bonds. The van der Waals surface area contributed by atoms with Crippen molar-refractivity contribution < 1.29 is 14.4 Å². The SMILES string of the molecule is O=C(NC1CCCCC1)N[C@H]1CCN2C(=O)c3ccc(Cl)cc3NC(=O)[C@H]12. The van der Waals surface area contributed by atoms with Crippen molar-refractivity contribution in [3.8, 4) is 0 Å². The Labute approximate surface area is 162 Å². The number of carbonyl (C=O) groups is 3. The van der Waals surface area contributed by atoms with Crippen molar-refractivity contribution in [2.75, 3.05) is 11.9 Å². The highest BCUT2D eigenvalue weighted by atomic mass is 35.5. The minimum atomic E-state index is -0.721. The van der Waals surface area contributed by atoms with E-state index in [4.69, 9.17) is 11.6 Å². The summed E-state index contributed by atoms with van der Waals surface area (Å²) in [7, 11) is 0. The second kappa shape index (κ2) is 7.38. The molecule has 0 radical (unpaired) electrons. The van der Waals surface area contributed by atoms with E-state index < -0.39 is 12.1 Å². The summed E-state index contributed by atoms with van der Waals surface area (Å²) in [5.74, 6) is -0.521. The third kappa shape index (κ3) is 3.60. The Morgan fingerprint density at radius 2 is 1.89 bits per heavy atom. The maximum Gasteiger partial charge on any atom is 0.315 e. The summed E-state index contributed by atoms with van der Waals surface area (Å²) in [4.78, 5) is 39.6. The van der Waals surface area contributed by atoms with Gasteiger partial charge >= 0.3 is 6.03 Å². The minimum Gasteiger partial charge on any atom is -0.335 e. The molecule has 0 aromatic heterocycles. The Balaban J connectivity index is 1.48. The fraction of sp³-hybridized carbons (Fsp3) is 0.526. The van der Waals surface area contributed by atoms with Crippen molar-refractivity contribution in [1.29, 1.82) is 0 Å². The van der Waals surface area contributed by atoms with E-state index in [1.807, 2.05) is 0 Å². The quantitative estimate of drug-likeness (QED) is 0.724. The Hall–Kier alpha value is -2.28. The van der Waals surface area contributed by atoms with Gasteiger partial charge in [0.1, 0.15) is 6.04 Å². The molecule has 3 N–H and O–H groups in total. The van der Waals surface area contributed by atoms with Crippen LogP contribution in [-0.4, -0.2) is 47.4 Å². The van der Waals surface area contributed by atoms with Gasteiger partial charge in [0.05, 0.1) is 17.3 Å². The molecule has 4 rings (SSSR count). The number of urea groups is 1. The topological polar surface area (TPSA) is 90.5 Å². The maximum absolute atomic E-state index is 12.9. The van der Waals surface area contributed by atoms with Gasteiger partial charge in [-0.2, -0.15) is 0 Å². The number of halogens is 1. The molecule has 1 aromatic rings. The number of fused-ring (bicyclic) bond motifs is 2. The first kappa shape index (κ1) is 18.1. The number of amides is 4. The molecule has 1 saturated carbocycles. The smallest absolute Gasteiger partial charge is 0.315 e. The van der Waals surface area contributed by atoms with Crippen LogP contribution < -0.4 is 16.0 Å². The second-order valence-corrected chi connectivity index (χ2v) is 7.91. The van der Waals surface area contributed by atoms with Crippen molar-refractivity contribution >= 4 is 35.1 Å². The number of hydrogen-bond acceptors (Lipinski definition) is 3. The molecular formula is C19H23ClN4O3. The fourth-order valence-electron chi connectivity index (χ4n) is 4.31. The third-order valence-electron chi connectivity index (χ3n) is 5.65. The van der Waals surface area contributed by atoms with Gasteiger partial charge in [0.15, 0.2) is 0 Å². The Morgan fingerprint density at radius 1 is 1.11 bits per heavy atom. The van der Waals surface area contributed by atoms with E-state index in [0.717, 1.165) is 25.7 Å². The van der Waals surface area contributed by atoms with Crippen LogP contribution in [-0.2, 0) is 4.79 Å². The van der Waals surface area contributed by atoms with Crippen molar-refractivity contribution in [3.63, 3.8) is 0 Å². The average molecular weight is 391 g/mol. The summed E-state index contributed by atoms with van der Waals surface area (Å²) in [5, 5.41) is 9.16. The van der Waals surface area contributed by atoms with E-state index in [2.05, 4.69) is 16.0 Å². The number of hydrogen-bond donors (Lipinski definition) is 3. The van der Waals surface area contributed by atoms with Crippen molar-refractivity contribution in [3.05, 3.63) is 28.8 Å². The molecule has 8 heteroatoms. The molecule has 2 fully saturated rings. The Bertz CT molecular complexity index is 778. The number of anilines is 1. The van der Waals surface area contributed by atoms with Crippen molar-refractivity contribution in [2.45, 2.75) is 56.7 Å². The molecular weight excluding hydrogens is 368 g/mol. The van der Waals surface area contributed by atoms with Gasteiger partial charge in [-0.3, -0.25) is 9.59 Å². The number of nitrogens with one attached hydrogen (secondary N) is 3. The first-order chi connectivity index (χ1) is 13.0. The second-order valence-electron chi connectivity index (χ2n) is 7.47. The van der Waals surface area contributed by atoms with E-state index in [1.54, 1.807) is 23.1 Å². The zero-order valence-electron chi connectivity index (χ0n) is 15.0. The van der Waals surface area contributed by atoms with Gasteiger partial charge in [-0.05, 0) is 37.5 Å². The summed E-state index contributed by atoms with van der Waals surface area (Å²) in [6.45, 7) is 0.424. The van der Waals surface area contributed by atoms with Crippen LogP contribution in [0.5, 0.6) is 0 Å². The molecule has 2 heterocycles. The summed E-state index contributed by atoms with van der Waals surface area (Å²) in [6.07, 6.45) is 5.99. The number of rotatable bonds is 2. The average Bonchev–Trinajstić information content (AvgIpc) is 3.01. The maximum atomic E-state index is 12.9. The van der Waals surface area contributed by atoms with E-state index in [0.29, 0.717) is 29.2 Å². The van der Waals surface area contributed by atoms with Gasteiger partial charge in [0.25, 0.3) is 5.91 Å². The summed E-state index contributed by atoms with van der Waals surface area (Å²) in [5.41, 5.74) is 0.833. The molecule has 0 spiro atoms. The fourth-order valence-corrected chi connectivity index (χ4v) is 4.48. The normalized spacial score (nSPS) is 25.3. The highest BCUT2D eigenvalue weighted by Gasteiger charge is 2.45. The van der Waals surface area contributed by atoms with Crippen LogP contribution in [0.25, 0.3) is 0 Å². The molecule has 0 bridgehead atoms.